The van der Waals surface area contributed by atoms with Gasteiger partial charge in [0.05, 0.1) is 28.5 Å². The summed E-state index contributed by atoms with van der Waals surface area (Å²) in [4.78, 5) is 13.7. The van der Waals surface area contributed by atoms with Crippen LogP contribution in [0.3, 0.4) is 0 Å². The van der Waals surface area contributed by atoms with E-state index in [1.165, 1.54) is 6.07 Å². The van der Waals surface area contributed by atoms with Crippen LogP contribution >= 0.6 is 0 Å². The highest BCUT2D eigenvalue weighted by molar-refractivity contribution is 6.08. The molecule has 4 heterocycles. The molecular weight excluding hydrogens is 525 g/mol. The number of aromatic nitrogens is 4. The van der Waals surface area contributed by atoms with E-state index in [0.717, 1.165) is 39.6 Å². The molecule has 0 atom stereocenters. The molecule has 0 aliphatic carbocycles. The molecular formula is C33H31F3N4O. The van der Waals surface area contributed by atoms with Crippen LogP contribution in [0.4, 0.5) is 13.2 Å². The number of pyridine rings is 2. The SMILES string of the molecule is CC(C)c1cc2nc(-c3cccc4c3oc3nc(C(F)(F)F)ccc34)n(-c3c(C(C)C)cccc3C(C)C)c2cn1. The molecule has 210 valence electrons. The minimum Gasteiger partial charge on any atom is -0.437 e. The van der Waals surface area contributed by atoms with Gasteiger partial charge in [-0.2, -0.15) is 13.2 Å². The van der Waals surface area contributed by atoms with Gasteiger partial charge in [0, 0.05) is 16.5 Å². The normalized spacial score (nSPS) is 12.7. The van der Waals surface area contributed by atoms with Crippen molar-refractivity contribution >= 4 is 33.1 Å². The Labute approximate surface area is 236 Å². The summed E-state index contributed by atoms with van der Waals surface area (Å²) in [6, 6.07) is 16.4. The number of alkyl halides is 3. The fourth-order valence-electron chi connectivity index (χ4n) is 5.50. The van der Waals surface area contributed by atoms with E-state index in [1.807, 2.05) is 30.5 Å². The molecule has 4 aromatic heterocycles. The smallest absolute Gasteiger partial charge is 0.433 e. The third-order valence-corrected chi connectivity index (χ3v) is 7.62. The topological polar surface area (TPSA) is 56.7 Å². The molecule has 0 radical (unpaired) electrons. The zero-order valence-electron chi connectivity index (χ0n) is 23.8. The quantitative estimate of drug-likeness (QED) is 0.212. The van der Waals surface area contributed by atoms with Gasteiger partial charge in [0.1, 0.15) is 17.1 Å². The van der Waals surface area contributed by atoms with Crippen molar-refractivity contribution in [1.82, 2.24) is 19.5 Å². The highest BCUT2D eigenvalue weighted by Gasteiger charge is 2.33. The van der Waals surface area contributed by atoms with E-state index in [0.29, 0.717) is 27.7 Å². The van der Waals surface area contributed by atoms with Gasteiger partial charge in [0.15, 0.2) is 0 Å². The number of hydrogen-bond donors (Lipinski definition) is 0. The number of rotatable bonds is 5. The van der Waals surface area contributed by atoms with Crippen LogP contribution in [-0.2, 0) is 6.18 Å². The maximum absolute atomic E-state index is 13.4. The van der Waals surface area contributed by atoms with Crippen molar-refractivity contribution in [3.63, 3.8) is 0 Å². The van der Waals surface area contributed by atoms with E-state index >= 15 is 0 Å². The summed E-state index contributed by atoms with van der Waals surface area (Å²) in [6.45, 7) is 12.9. The Morgan fingerprint density at radius 2 is 1.46 bits per heavy atom. The molecule has 0 aliphatic rings. The molecule has 41 heavy (non-hydrogen) atoms. The van der Waals surface area contributed by atoms with Crippen molar-refractivity contribution < 1.29 is 17.6 Å². The van der Waals surface area contributed by atoms with Crippen molar-refractivity contribution in [1.29, 1.82) is 0 Å². The fourth-order valence-corrected chi connectivity index (χ4v) is 5.50. The van der Waals surface area contributed by atoms with Gasteiger partial charge >= 0.3 is 6.18 Å². The zero-order valence-corrected chi connectivity index (χ0v) is 23.8. The zero-order chi connectivity index (χ0) is 29.2. The van der Waals surface area contributed by atoms with Crippen molar-refractivity contribution in [2.24, 2.45) is 0 Å². The largest absolute Gasteiger partial charge is 0.437 e. The molecule has 8 heteroatoms. The Balaban J connectivity index is 1.73. The van der Waals surface area contributed by atoms with Crippen molar-refractivity contribution in [2.75, 3.05) is 0 Å². The second-order valence-electron chi connectivity index (χ2n) is 11.4. The van der Waals surface area contributed by atoms with E-state index in [-0.39, 0.29) is 23.5 Å². The minimum absolute atomic E-state index is 0.0563. The summed E-state index contributed by atoms with van der Waals surface area (Å²) in [5.74, 6) is 1.31. The Bertz CT molecular complexity index is 1900. The summed E-state index contributed by atoms with van der Waals surface area (Å²) in [5.41, 5.74) is 6.01. The summed E-state index contributed by atoms with van der Waals surface area (Å²) in [6.07, 6.45) is -2.70. The van der Waals surface area contributed by atoms with Crippen LogP contribution in [0.25, 0.3) is 50.2 Å². The number of imidazole rings is 1. The van der Waals surface area contributed by atoms with Crippen LogP contribution in [0.5, 0.6) is 0 Å². The lowest BCUT2D eigenvalue weighted by Crippen LogP contribution is -2.08. The average molecular weight is 557 g/mol. The Hall–Kier alpha value is -4.20. The lowest BCUT2D eigenvalue weighted by Gasteiger charge is -2.22. The summed E-state index contributed by atoms with van der Waals surface area (Å²) < 4.78 is 48.6. The van der Waals surface area contributed by atoms with Crippen LogP contribution in [0.1, 0.15) is 81.8 Å². The molecule has 6 aromatic rings. The first-order valence-electron chi connectivity index (χ1n) is 13.9. The monoisotopic (exact) mass is 556 g/mol. The van der Waals surface area contributed by atoms with E-state index in [1.54, 1.807) is 0 Å². The molecule has 2 aromatic carbocycles. The molecule has 0 amide bonds. The first kappa shape index (κ1) is 27.0. The van der Waals surface area contributed by atoms with Gasteiger partial charge in [-0.05, 0) is 53.1 Å². The van der Waals surface area contributed by atoms with E-state index in [9.17, 15) is 13.2 Å². The molecule has 6 rings (SSSR count). The van der Waals surface area contributed by atoms with E-state index in [2.05, 4.69) is 69.3 Å². The van der Waals surface area contributed by atoms with Crippen LogP contribution in [-0.4, -0.2) is 19.5 Å². The highest BCUT2D eigenvalue weighted by Crippen LogP contribution is 2.41. The summed E-state index contributed by atoms with van der Waals surface area (Å²) in [7, 11) is 0. The number of halogens is 3. The van der Waals surface area contributed by atoms with Gasteiger partial charge in [-0.25, -0.2) is 9.97 Å². The highest BCUT2D eigenvalue weighted by atomic mass is 19.4. The van der Waals surface area contributed by atoms with Crippen molar-refractivity contribution in [2.45, 2.75) is 65.5 Å². The second kappa shape index (κ2) is 9.72. The average Bonchev–Trinajstić information content (AvgIpc) is 3.49. The van der Waals surface area contributed by atoms with Crippen LogP contribution in [0.15, 0.2) is 65.2 Å². The standard InChI is InChI=1S/C33H31F3N4O/c1-17(2)20-9-7-10-21(18(3)4)29(20)40-27-16-37-25(19(5)6)15-26(27)38-31(40)24-12-8-11-22-23-13-14-28(33(34,35)36)39-32(23)41-30(22)24/h7-19H,1-6H3. The first-order chi connectivity index (χ1) is 19.5. The maximum Gasteiger partial charge on any atom is 0.433 e. The maximum atomic E-state index is 13.4. The molecule has 0 spiro atoms. The van der Waals surface area contributed by atoms with Gasteiger partial charge in [-0.3, -0.25) is 9.55 Å². The molecule has 0 N–H and O–H groups in total. The third kappa shape index (κ3) is 4.46. The van der Waals surface area contributed by atoms with E-state index < -0.39 is 11.9 Å². The number of hydrogen-bond acceptors (Lipinski definition) is 4. The lowest BCUT2D eigenvalue weighted by atomic mass is 9.92. The summed E-state index contributed by atoms with van der Waals surface area (Å²) in [5, 5.41) is 1.20. The molecule has 0 bridgehead atoms. The number of benzene rings is 2. The van der Waals surface area contributed by atoms with Crippen LogP contribution < -0.4 is 0 Å². The molecule has 0 fully saturated rings. The second-order valence-corrected chi connectivity index (χ2v) is 11.4. The molecule has 0 saturated heterocycles. The fraction of sp³-hybridized carbons (Fsp3) is 0.303. The predicted molar refractivity (Wildman–Crippen MR) is 157 cm³/mol. The predicted octanol–water partition coefficient (Wildman–Crippen LogP) is 9.77. The Kier molecular flexibility index (Phi) is 6.40. The lowest BCUT2D eigenvalue weighted by molar-refractivity contribution is -0.141. The van der Waals surface area contributed by atoms with Crippen LogP contribution in [0, 0.1) is 0 Å². The molecule has 0 unspecified atom stereocenters. The number of para-hydroxylation sites is 2. The number of nitrogens with zero attached hydrogens (tertiary/aromatic N) is 4. The minimum atomic E-state index is -4.57. The Morgan fingerprint density at radius 1 is 0.780 bits per heavy atom. The van der Waals surface area contributed by atoms with Gasteiger partial charge in [-0.15, -0.1) is 0 Å². The Morgan fingerprint density at radius 3 is 2.10 bits per heavy atom. The number of fused-ring (bicyclic) bond motifs is 4. The summed E-state index contributed by atoms with van der Waals surface area (Å²) >= 11 is 0. The number of furan rings is 1. The van der Waals surface area contributed by atoms with Crippen molar-refractivity contribution in [3.8, 4) is 17.1 Å². The molecule has 0 aliphatic heterocycles. The third-order valence-electron chi connectivity index (χ3n) is 7.62. The van der Waals surface area contributed by atoms with Gasteiger partial charge in [0.2, 0.25) is 5.71 Å². The van der Waals surface area contributed by atoms with Gasteiger partial charge in [0.25, 0.3) is 0 Å². The van der Waals surface area contributed by atoms with Gasteiger partial charge < -0.3 is 4.42 Å². The van der Waals surface area contributed by atoms with Gasteiger partial charge in [-0.1, -0.05) is 71.9 Å². The van der Waals surface area contributed by atoms with E-state index in [4.69, 9.17) is 14.4 Å². The molecule has 0 saturated carbocycles. The molecule has 5 nitrogen and oxygen atoms in total. The van der Waals surface area contributed by atoms with Crippen molar-refractivity contribution in [3.05, 3.63) is 83.3 Å². The van der Waals surface area contributed by atoms with Crippen LogP contribution in [0.2, 0.25) is 0 Å². The first-order valence-corrected chi connectivity index (χ1v) is 13.9.